The molecule has 0 saturated heterocycles. The van der Waals surface area contributed by atoms with Crippen LogP contribution in [0.2, 0.25) is 5.02 Å². The number of carbonyl (C=O) groups excluding carboxylic acids is 2. The molecule has 0 bridgehead atoms. The lowest BCUT2D eigenvalue weighted by Crippen LogP contribution is -2.41. The van der Waals surface area contributed by atoms with Crippen molar-refractivity contribution in [1.29, 1.82) is 0 Å². The van der Waals surface area contributed by atoms with Gasteiger partial charge in [0.2, 0.25) is 0 Å². The number of anilines is 2. The number of ether oxygens (including phenoxy) is 1. The Morgan fingerprint density at radius 1 is 1.02 bits per heavy atom. The summed E-state index contributed by atoms with van der Waals surface area (Å²) in [4.78, 5) is 50.5. The lowest BCUT2D eigenvalue weighted by atomic mass is 9.95. The predicted octanol–water partition coefficient (Wildman–Crippen LogP) is 4.43. The van der Waals surface area contributed by atoms with Crippen molar-refractivity contribution < 1.29 is 14.3 Å². The first kappa shape index (κ1) is 28.6. The lowest BCUT2D eigenvalue weighted by molar-refractivity contribution is -0.139. The van der Waals surface area contributed by atoms with Gasteiger partial charge in [0.25, 0.3) is 11.5 Å². The molecular formula is C33H29ClN4O4S. The first-order valence-electron chi connectivity index (χ1n) is 13.9. The number of hydrogen-bond donors (Lipinski definition) is 0. The van der Waals surface area contributed by atoms with Crippen LogP contribution in [-0.4, -0.2) is 37.1 Å². The molecule has 10 heteroatoms. The van der Waals surface area contributed by atoms with Gasteiger partial charge in [-0.3, -0.25) is 14.2 Å². The second-order valence-corrected chi connectivity index (χ2v) is 11.9. The van der Waals surface area contributed by atoms with E-state index in [-0.39, 0.29) is 23.6 Å². The molecule has 0 spiro atoms. The number of allylic oxidation sites excluding steroid dienone is 1. The number of esters is 1. The van der Waals surface area contributed by atoms with E-state index in [1.165, 1.54) is 4.57 Å². The Labute approximate surface area is 257 Å². The van der Waals surface area contributed by atoms with Crippen molar-refractivity contribution in [2.24, 2.45) is 4.99 Å². The van der Waals surface area contributed by atoms with Crippen LogP contribution in [-0.2, 0) is 20.9 Å². The highest BCUT2D eigenvalue weighted by Crippen LogP contribution is 2.37. The van der Waals surface area contributed by atoms with E-state index in [1.807, 2.05) is 85.7 Å². The van der Waals surface area contributed by atoms with Crippen LogP contribution in [0.1, 0.15) is 36.6 Å². The molecule has 4 aromatic rings. The van der Waals surface area contributed by atoms with Crippen molar-refractivity contribution in [2.45, 2.75) is 26.4 Å². The van der Waals surface area contributed by atoms with Crippen molar-refractivity contribution in [1.82, 2.24) is 4.57 Å². The number of fused-ring (bicyclic) bond motifs is 2. The minimum Gasteiger partial charge on any atom is -0.463 e. The Balaban J connectivity index is 1.57. The average molecular weight is 613 g/mol. The predicted molar refractivity (Wildman–Crippen MR) is 169 cm³/mol. The number of nitrogens with zero attached hydrogens (tertiary/aromatic N) is 4. The summed E-state index contributed by atoms with van der Waals surface area (Å²) in [6.07, 6.45) is 0. The van der Waals surface area contributed by atoms with Gasteiger partial charge in [-0.2, -0.15) is 0 Å². The molecule has 0 aliphatic carbocycles. The Kier molecular flexibility index (Phi) is 7.54. The largest absolute Gasteiger partial charge is 0.463 e. The van der Waals surface area contributed by atoms with Gasteiger partial charge in [0.15, 0.2) is 4.80 Å². The fraction of sp³-hybridized carbons (Fsp3) is 0.212. The molecule has 1 amide bonds. The third-order valence-electron chi connectivity index (χ3n) is 7.65. The SMILES string of the molecule is CCOC(=O)C1=C(C)N=c2s/c(=C3/C(=O)N(Cc4ccccc4Cl)c4ccccc43)c(=O)n2[C@H]1c1ccc(N(C)C)cc1. The topological polar surface area (TPSA) is 84.2 Å². The highest BCUT2D eigenvalue weighted by molar-refractivity contribution is 7.07. The quantitative estimate of drug-likeness (QED) is 0.301. The average Bonchev–Trinajstić information content (AvgIpc) is 3.45. The van der Waals surface area contributed by atoms with Gasteiger partial charge < -0.3 is 14.5 Å². The molecule has 2 aliphatic rings. The summed E-state index contributed by atoms with van der Waals surface area (Å²) >= 11 is 7.60. The van der Waals surface area contributed by atoms with Gasteiger partial charge in [-0.05, 0) is 49.2 Å². The van der Waals surface area contributed by atoms with Gasteiger partial charge in [-0.25, -0.2) is 9.79 Å². The molecule has 0 saturated carbocycles. The number of halogens is 1. The Bertz CT molecular complexity index is 1990. The molecule has 43 heavy (non-hydrogen) atoms. The van der Waals surface area contributed by atoms with E-state index in [4.69, 9.17) is 16.3 Å². The van der Waals surface area contributed by atoms with Gasteiger partial charge >= 0.3 is 5.97 Å². The van der Waals surface area contributed by atoms with Crippen LogP contribution >= 0.6 is 22.9 Å². The van der Waals surface area contributed by atoms with E-state index in [0.29, 0.717) is 37.9 Å². The third-order valence-corrected chi connectivity index (χ3v) is 9.08. The summed E-state index contributed by atoms with van der Waals surface area (Å²) in [5, 5.41) is 0.558. The summed E-state index contributed by atoms with van der Waals surface area (Å²) in [5.41, 5.74) is 4.56. The number of aromatic nitrogens is 1. The summed E-state index contributed by atoms with van der Waals surface area (Å²) < 4.78 is 7.20. The van der Waals surface area contributed by atoms with E-state index in [0.717, 1.165) is 28.2 Å². The molecule has 3 aromatic carbocycles. The highest BCUT2D eigenvalue weighted by Gasteiger charge is 2.37. The van der Waals surface area contributed by atoms with Crippen LogP contribution in [0.5, 0.6) is 0 Å². The Morgan fingerprint density at radius 2 is 1.72 bits per heavy atom. The van der Waals surface area contributed by atoms with Crippen molar-refractivity contribution in [3.8, 4) is 0 Å². The normalized spacial score (nSPS) is 17.0. The molecule has 1 atom stereocenters. The number of carbonyl (C=O) groups is 2. The highest BCUT2D eigenvalue weighted by atomic mass is 35.5. The molecule has 6 rings (SSSR count). The first-order chi connectivity index (χ1) is 20.7. The number of thiazole rings is 1. The monoisotopic (exact) mass is 612 g/mol. The van der Waals surface area contributed by atoms with Crippen molar-refractivity contribution in [3.05, 3.63) is 125 Å². The van der Waals surface area contributed by atoms with Gasteiger partial charge in [0, 0.05) is 30.4 Å². The molecule has 8 nitrogen and oxygen atoms in total. The molecule has 218 valence electrons. The third kappa shape index (κ3) is 4.88. The van der Waals surface area contributed by atoms with Crippen molar-refractivity contribution in [2.75, 3.05) is 30.5 Å². The van der Waals surface area contributed by atoms with Gasteiger partial charge in [0.05, 0.1) is 41.7 Å². The number of para-hydroxylation sites is 1. The number of benzene rings is 3. The molecule has 0 radical (unpaired) electrons. The maximum Gasteiger partial charge on any atom is 0.338 e. The van der Waals surface area contributed by atoms with E-state index >= 15 is 0 Å². The molecular weight excluding hydrogens is 584 g/mol. The molecule has 1 aromatic heterocycles. The number of amides is 1. The Hall–Kier alpha value is -4.47. The minimum atomic E-state index is -0.771. The lowest BCUT2D eigenvalue weighted by Gasteiger charge is -2.25. The first-order valence-corrected chi connectivity index (χ1v) is 15.0. The van der Waals surface area contributed by atoms with Crippen molar-refractivity contribution in [3.63, 3.8) is 0 Å². The number of hydrogen-bond acceptors (Lipinski definition) is 7. The molecule has 0 fully saturated rings. The van der Waals surface area contributed by atoms with Gasteiger partial charge in [0.1, 0.15) is 4.53 Å². The molecule has 2 aliphatic heterocycles. The van der Waals surface area contributed by atoms with Crippen LogP contribution in [0.25, 0.3) is 5.57 Å². The second-order valence-electron chi connectivity index (χ2n) is 10.5. The second kappa shape index (κ2) is 11.3. The van der Waals surface area contributed by atoms with Gasteiger partial charge in [-0.1, -0.05) is 71.5 Å². The van der Waals surface area contributed by atoms with Crippen LogP contribution < -0.4 is 24.7 Å². The van der Waals surface area contributed by atoms with Crippen LogP contribution in [0, 0.1) is 0 Å². The van der Waals surface area contributed by atoms with E-state index < -0.39 is 17.6 Å². The summed E-state index contributed by atoms with van der Waals surface area (Å²) in [7, 11) is 3.89. The van der Waals surface area contributed by atoms with Gasteiger partial charge in [-0.15, -0.1) is 0 Å². The zero-order chi connectivity index (χ0) is 30.4. The molecule has 3 heterocycles. The smallest absolute Gasteiger partial charge is 0.338 e. The van der Waals surface area contributed by atoms with Crippen LogP contribution in [0.3, 0.4) is 0 Å². The van der Waals surface area contributed by atoms with E-state index in [1.54, 1.807) is 24.8 Å². The van der Waals surface area contributed by atoms with Crippen LogP contribution in [0.15, 0.2) is 93.9 Å². The number of rotatable bonds is 6. The molecule has 0 unspecified atom stereocenters. The summed E-state index contributed by atoms with van der Waals surface area (Å²) in [6, 6.07) is 21.7. The van der Waals surface area contributed by atoms with Crippen molar-refractivity contribution >= 4 is 51.8 Å². The van der Waals surface area contributed by atoms with Crippen LogP contribution in [0.4, 0.5) is 11.4 Å². The molecule has 0 N–H and O–H groups in total. The van der Waals surface area contributed by atoms with E-state index in [2.05, 4.69) is 4.99 Å². The zero-order valence-corrected chi connectivity index (χ0v) is 25.7. The standard InChI is InChI=1S/C33H29ClN4O4S/c1-5-42-32(41)26-19(2)35-33-38(28(26)20-14-16-22(17-15-20)36(3)4)31(40)29(43-33)27-23-11-7-9-13-25(23)37(30(27)39)18-21-10-6-8-12-24(21)34/h6-17,28H,5,18H2,1-4H3/b29-27+/t28-/m0/s1. The fourth-order valence-corrected chi connectivity index (χ4v) is 6.90. The summed E-state index contributed by atoms with van der Waals surface area (Å²) in [5.74, 6) is -0.823. The zero-order valence-electron chi connectivity index (χ0n) is 24.1. The summed E-state index contributed by atoms with van der Waals surface area (Å²) in [6.45, 7) is 3.92. The van der Waals surface area contributed by atoms with E-state index in [9.17, 15) is 14.4 Å². The minimum absolute atomic E-state index is 0.184. The maximum absolute atomic E-state index is 14.4. The Morgan fingerprint density at radius 3 is 2.42 bits per heavy atom. The maximum atomic E-state index is 14.4. The fourth-order valence-electron chi connectivity index (χ4n) is 5.57.